The lowest BCUT2D eigenvalue weighted by Crippen LogP contribution is -2.47. The average molecular weight is 345 g/mol. The second-order valence-electron chi connectivity index (χ2n) is 5.36. The molecule has 23 heavy (non-hydrogen) atoms. The molecule has 0 fully saturated rings. The number of aliphatic hydroxyl groups is 1. The predicted molar refractivity (Wildman–Crippen MR) is 89.9 cm³/mol. The van der Waals surface area contributed by atoms with Crippen molar-refractivity contribution in [1.29, 1.82) is 0 Å². The Labute approximate surface area is 141 Å². The third-order valence-corrected chi connectivity index (χ3v) is 4.25. The van der Waals surface area contributed by atoms with Gasteiger partial charge in [0.05, 0.1) is 18.7 Å². The molecule has 0 bridgehead atoms. The first kappa shape index (κ1) is 19.5. The first-order valence-electron chi connectivity index (χ1n) is 7.54. The number of benzene rings is 1. The lowest BCUT2D eigenvalue weighted by atomic mass is 9.93. The van der Waals surface area contributed by atoms with E-state index < -0.39 is 5.91 Å². The summed E-state index contributed by atoms with van der Waals surface area (Å²) in [6.45, 7) is 4.37. The van der Waals surface area contributed by atoms with E-state index >= 15 is 0 Å². The van der Waals surface area contributed by atoms with Gasteiger partial charge in [-0.05, 0) is 30.5 Å². The van der Waals surface area contributed by atoms with Crippen molar-refractivity contribution in [1.82, 2.24) is 5.32 Å². The Morgan fingerprint density at radius 3 is 2.52 bits per heavy atom. The molecule has 6 nitrogen and oxygen atoms in total. The standard InChI is InChI=1S/C16H25ClN2O4/c1-4-16(5-2,10-20)19-8-11-6-12(17)15(13(7-11)22-3)23-9-14(18)21/h6-7,19-20H,4-5,8-10H2,1-3H3,(H2,18,21). The Balaban J connectivity index is 2.93. The summed E-state index contributed by atoms with van der Waals surface area (Å²) in [4.78, 5) is 10.8. The third kappa shape index (κ3) is 5.27. The Hall–Kier alpha value is -1.50. The quantitative estimate of drug-likeness (QED) is 0.602. The number of amides is 1. The van der Waals surface area contributed by atoms with Gasteiger partial charge in [-0.25, -0.2) is 0 Å². The van der Waals surface area contributed by atoms with Crippen LogP contribution in [-0.2, 0) is 11.3 Å². The molecule has 1 amide bonds. The highest BCUT2D eigenvalue weighted by atomic mass is 35.5. The van der Waals surface area contributed by atoms with E-state index in [9.17, 15) is 9.90 Å². The molecule has 7 heteroatoms. The number of nitrogens with two attached hydrogens (primary N) is 1. The van der Waals surface area contributed by atoms with E-state index in [-0.39, 0.29) is 24.5 Å². The smallest absolute Gasteiger partial charge is 0.255 e. The molecule has 0 saturated heterocycles. The van der Waals surface area contributed by atoms with Crippen LogP contribution in [0.15, 0.2) is 12.1 Å². The van der Waals surface area contributed by atoms with Crippen LogP contribution >= 0.6 is 11.6 Å². The number of carbonyl (C=O) groups excluding carboxylic acids is 1. The van der Waals surface area contributed by atoms with Gasteiger partial charge in [0.2, 0.25) is 0 Å². The molecule has 0 heterocycles. The number of aliphatic hydroxyl groups excluding tert-OH is 1. The van der Waals surface area contributed by atoms with E-state index in [0.717, 1.165) is 18.4 Å². The summed E-state index contributed by atoms with van der Waals surface area (Å²) in [7, 11) is 1.50. The minimum atomic E-state index is -0.590. The maximum Gasteiger partial charge on any atom is 0.255 e. The molecular formula is C16H25ClN2O4. The van der Waals surface area contributed by atoms with Gasteiger partial charge in [-0.2, -0.15) is 0 Å². The van der Waals surface area contributed by atoms with Gasteiger partial charge in [0.1, 0.15) is 0 Å². The number of rotatable bonds is 10. The molecular weight excluding hydrogens is 320 g/mol. The Kier molecular flexibility index (Phi) is 7.61. The van der Waals surface area contributed by atoms with Crippen LogP contribution in [0.25, 0.3) is 0 Å². The summed E-state index contributed by atoms with van der Waals surface area (Å²) in [5, 5.41) is 13.3. The van der Waals surface area contributed by atoms with E-state index in [1.165, 1.54) is 7.11 Å². The van der Waals surface area contributed by atoms with Crippen molar-refractivity contribution < 1.29 is 19.4 Å². The summed E-state index contributed by atoms with van der Waals surface area (Å²) in [6, 6.07) is 3.52. The van der Waals surface area contributed by atoms with Crippen LogP contribution < -0.4 is 20.5 Å². The first-order valence-corrected chi connectivity index (χ1v) is 7.92. The van der Waals surface area contributed by atoms with E-state index in [2.05, 4.69) is 5.32 Å². The van der Waals surface area contributed by atoms with Gasteiger partial charge in [0, 0.05) is 12.1 Å². The van der Waals surface area contributed by atoms with Crippen molar-refractivity contribution in [2.75, 3.05) is 20.3 Å². The van der Waals surface area contributed by atoms with E-state index in [1.807, 2.05) is 13.8 Å². The second-order valence-corrected chi connectivity index (χ2v) is 5.77. The first-order chi connectivity index (χ1) is 10.9. The van der Waals surface area contributed by atoms with Crippen molar-refractivity contribution in [3.8, 4) is 11.5 Å². The molecule has 0 aliphatic carbocycles. The lowest BCUT2D eigenvalue weighted by molar-refractivity contribution is -0.119. The number of halogens is 1. The van der Waals surface area contributed by atoms with Gasteiger partial charge in [-0.3, -0.25) is 4.79 Å². The molecule has 1 rings (SSSR count). The molecule has 0 aliphatic rings. The molecule has 0 aromatic heterocycles. The summed E-state index contributed by atoms with van der Waals surface area (Å²) >= 11 is 6.21. The normalized spacial score (nSPS) is 11.3. The van der Waals surface area contributed by atoms with Crippen LogP contribution in [0.2, 0.25) is 5.02 Å². The molecule has 0 aliphatic heterocycles. The van der Waals surface area contributed by atoms with Gasteiger partial charge < -0.3 is 25.6 Å². The van der Waals surface area contributed by atoms with Crippen molar-refractivity contribution in [2.24, 2.45) is 5.73 Å². The van der Waals surface area contributed by atoms with Crippen LogP contribution in [0.1, 0.15) is 32.3 Å². The lowest BCUT2D eigenvalue weighted by Gasteiger charge is -2.31. The van der Waals surface area contributed by atoms with E-state index in [1.54, 1.807) is 12.1 Å². The summed E-state index contributed by atoms with van der Waals surface area (Å²) < 4.78 is 10.6. The molecule has 0 radical (unpaired) electrons. The van der Waals surface area contributed by atoms with Crippen molar-refractivity contribution in [3.63, 3.8) is 0 Å². The maximum absolute atomic E-state index is 10.8. The monoisotopic (exact) mass is 344 g/mol. The number of nitrogens with one attached hydrogen (secondary N) is 1. The molecule has 130 valence electrons. The highest BCUT2D eigenvalue weighted by Gasteiger charge is 2.24. The van der Waals surface area contributed by atoms with Gasteiger partial charge in [0.15, 0.2) is 18.1 Å². The van der Waals surface area contributed by atoms with Crippen LogP contribution in [0.4, 0.5) is 0 Å². The SMILES string of the molecule is CCC(CC)(CO)NCc1cc(Cl)c(OCC(N)=O)c(OC)c1. The van der Waals surface area contributed by atoms with Gasteiger partial charge in [-0.15, -0.1) is 0 Å². The molecule has 1 aromatic carbocycles. The van der Waals surface area contributed by atoms with Gasteiger partial charge >= 0.3 is 0 Å². The molecule has 4 N–H and O–H groups in total. The highest BCUT2D eigenvalue weighted by Crippen LogP contribution is 2.36. The highest BCUT2D eigenvalue weighted by molar-refractivity contribution is 6.32. The Morgan fingerprint density at radius 1 is 1.39 bits per heavy atom. The fourth-order valence-corrected chi connectivity index (χ4v) is 2.52. The number of primary amides is 1. The summed E-state index contributed by atoms with van der Waals surface area (Å²) in [5.41, 5.74) is 5.64. The molecule has 1 aromatic rings. The Bertz CT molecular complexity index is 525. The zero-order valence-electron chi connectivity index (χ0n) is 13.8. The molecule has 0 saturated carbocycles. The fourth-order valence-electron chi connectivity index (χ4n) is 2.23. The molecule has 0 atom stereocenters. The minimum absolute atomic E-state index is 0.0602. The largest absolute Gasteiger partial charge is 0.493 e. The number of methoxy groups -OCH3 is 1. The van der Waals surface area contributed by atoms with Crippen LogP contribution in [0, 0.1) is 0 Å². The number of hydrogen-bond donors (Lipinski definition) is 3. The van der Waals surface area contributed by atoms with Gasteiger partial charge in [-0.1, -0.05) is 25.4 Å². The molecule has 0 unspecified atom stereocenters. The number of ether oxygens (including phenoxy) is 2. The van der Waals surface area contributed by atoms with E-state index in [4.69, 9.17) is 26.8 Å². The fraction of sp³-hybridized carbons (Fsp3) is 0.562. The van der Waals surface area contributed by atoms with Crippen molar-refractivity contribution in [3.05, 3.63) is 22.7 Å². The predicted octanol–water partition coefficient (Wildman–Crippen LogP) is 1.85. The summed E-state index contributed by atoms with van der Waals surface area (Å²) in [5.74, 6) is 0.127. The topological polar surface area (TPSA) is 93.8 Å². The maximum atomic E-state index is 10.8. The van der Waals surface area contributed by atoms with Crippen LogP contribution in [0.5, 0.6) is 11.5 Å². The molecule has 0 spiro atoms. The minimum Gasteiger partial charge on any atom is -0.493 e. The van der Waals surface area contributed by atoms with Crippen molar-refractivity contribution >= 4 is 17.5 Å². The number of hydrogen-bond acceptors (Lipinski definition) is 5. The van der Waals surface area contributed by atoms with E-state index in [0.29, 0.717) is 17.3 Å². The average Bonchev–Trinajstić information content (AvgIpc) is 2.55. The Morgan fingerprint density at radius 2 is 2.04 bits per heavy atom. The van der Waals surface area contributed by atoms with Crippen LogP contribution in [-0.4, -0.2) is 36.9 Å². The zero-order valence-corrected chi connectivity index (χ0v) is 14.6. The van der Waals surface area contributed by atoms with Crippen molar-refractivity contribution in [2.45, 2.75) is 38.8 Å². The third-order valence-electron chi connectivity index (χ3n) is 3.97. The van der Waals surface area contributed by atoms with Gasteiger partial charge in [0.25, 0.3) is 5.91 Å². The number of carbonyl (C=O) groups is 1. The van der Waals surface area contributed by atoms with Crippen LogP contribution in [0.3, 0.4) is 0 Å². The zero-order chi connectivity index (χ0) is 17.5. The summed E-state index contributed by atoms with van der Waals surface area (Å²) in [6.07, 6.45) is 1.62. The second kappa shape index (κ2) is 8.96.